The molecule has 4 nitrogen and oxygen atoms in total. The highest BCUT2D eigenvalue weighted by molar-refractivity contribution is 5.16. The number of benzene rings is 1. The first kappa shape index (κ1) is 11.4. The molecule has 2 N–H and O–H groups in total. The van der Waals surface area contributed by atoms with Crippen molar-refractivity contribution in [3.05, 3.63) is 53.3 Å². The molecule has 0 atom stereocenters. The highest BCUT2D eigenvalue weighted by Gasteiger charge is 2.17. The lowest BCUT2D eigenvalue weighted by Gasteiger charge is -2.27. The number of hydrogen-bond donors (Lipinski definition) is 1. The maximum atomic E-state index is 5.63. The van der Waals surface area contributed by atoms with Gasteiger partial charge in [-0.2, -0.15) is 5.10 Å². The third-order valence-corrected chi connectivity index (χ3v) is 3.39. The molecule has 0 unspecified atom stereocenters. The van der Waals surface area contributed by atoms with Gasteiger partial charge in [-0.25, -0.2) is 0 Å². The Labute approximate surface area is 107 Å². The van der Waals surface area contributed by atoms with Crippen molar-refractivity contribution >= 4 is 0 Å². The SMILES string of the molecule is NCc1cc2n(n1)CCN(Cc1ccccc1)C2. The first-order valence-electron chi connectivity index (χ1n) is 6.37. The van der Waals surface area contributed by atoms with Gasteiger partial charge in [0.2, 0.25) is 0 Å². The monoisotopic (exact) mass is 242 g/mol. The Morgan fingerprint density at radius 3 is 2.78 bits per heavy atom. The van der Waals surface area contributed by atoms with E-state index in [2.05, 4.69) is 51.1 Å². The van der Waals surface area contributed by atoms with E-state index in [1.807, 2.05) is 0 Å². The molecule has 0 amide bonds. The molecule has 0 radical (unpaired) electrons. The maximum Gasteiger partial charge on any atom is 0.0763 e. The van der Waals surface area contributed by atoms with Gasteiger partial charge >= 0.3 is 0 Å². The molecule has 18 heavy (non-hydrogen) atoms. The van der Waals surface area contributed by atoms with Crippen LogP contribution >= 0.6 is 0 Å². The standard InChI is InChI=1S/C14H18N4/c15-9-13-8-14-11-17(6-7-18(14)16-13)10-12-4-2-1-3-5-12/h1-5,8H,6-7,9-11,15H2. The van der Waals surface area contributed by atoms with E-state index in [1.165, 1.54) is 11.3 Å². The topological polar surface area (TPSA) is 47.1 Å². The molecular weight excluding hydrogens is 224 g/mol. The minimum absolute atomic E-state index is 0.526. The van der Waals surface area contributed by atoms with Gasteiger partial charge in [0.1, 0.15) is 0 Å². The zero-order valence-corrected chi connectivity index (χ0v) is 10.4. The van der Waals surface area contributed by atoms with E-state index in [0.29, 0.717) is 6.54 Å². The van der Waals surface area contributed by atoms with E-state index in [0.717, 1.165) is 31.9 Å². The van der Waals surface area contributed by atoms with E-state index in [-0.39, 0.29) is 0 Å². The summed E-state index contributed by atoms with van der Waals surface area (Å²) in [5.41, 5.74) is 9.26. The zero-order chi connectivity index (χ0) is 12.4. The van der Waals surface area contributed by atoms with Crippen LogP contribution in [-0.2, 0) is 26.2 Å². The molecule has 0 spiro atoms. The molecule has 0 saturated heterocycles. The summed E-state index contributed by atoms with van der Waals surface area (Å²) in [6.07, 6.45) is 0. The minimum Gasteiger partial charge on any atom is -0.325 e. The van der Waals surface area contributed by atoms with Gasteiger partial charge in [0.25, 0.3) is 0 Å². The van der Waals surface area contributed by atoms with Crippen molar-refractivity contribution in [2.45, 2.75) is 26.2 Å². The summed E-state index contributed by atoms with van der Waals surface area (Å²) in [4.78, 5) is 2.45. The van der Waals surface area contributed by atoms with Crippen LogP contribution in [0.25, 0.3) is 0 Å². The van der Waals surface area contributed by atoms with Gasteiger partial charge in [0.05, 0.1) is 17.9 Å². The summed E-state index contributed by atoms with van der Waals surface area (Å²) in [7, 11) is 0. The molecule has 2 heterocycles. The van der Waals surface area contributed by atoms with Crippen molar-refractivity contribution in [3.63, 3.8) is 0 Å². The second-order valence-corrected chi connectivity index (χ2v) is 4.75. The molecule has 3 rings (SSSR count). The first-order valence-corrected chi connectivity index (χ1v) is 6.37. The van der Waals surface area contributed by atoms with E-state index in [1.54, 1.807) is 0 Å². The number of fused-ring (bicyclic) bond motifs is 1. The van der Waals surface area contributed by atoms with Crippen molar-refractivity contribution in [1.82, 2.24) is 14.7 Å². The van der Waals surface area contributed by atoms with Gasteiger partial charge in [0.15, 0.2) is 0 Å². The Hall–Kier alpha value is -1.65. The van der Waals surface area contributed by atoms with Crippen molar-refractivity contribution in [2.75, 3.05) is 6.54 Å². The Kier molecular flexibility index (Phi) is 3.13. The molecule has 0 saturated carbocycles. The smallest absolute Gasteiger partial charge is 0.0763 e. The fourth-order valence-corrected chi connectivity index (χ4v) is 2.46. The number of hydrogen-bond acceptors (Lipinski definition) is 3. The molecular formula is C14H18N4. The molecule has 0 aliphatic carbocycles. The zero-order valence-electron chi connectivity index (χ0n) is 10.4. The fourth-order valence-electron chi connectivity index (χ4n) is 2.46. The maximum absolute atomic E-state index is 5.63. The van der Waals surface area contributed by atoms with Crippen LogP contribution < -0.4 is 5.73 Å². The average Bonchev–Trinajstić information content (AvgIpc) is 2.82. The highest BCUT2D eigenvalue weighted by Crippen LogP contribution is 2.15. The lowest BCUT2D eigenvalue weighted by Crippen LogP contribution is -2.33. The van der Waals surface area contributed by atoms with Crippen LogP contribution in [0.4, 0.5) is 0 Å². The van der Waals surface area contributed by atoms with Crippen LogP contribution in [0, 0.1) is 0 Å². The van der Waals surface area contributed by atoms with Crippen molar-refractivity contribution in [1.29, 1.82) is 0 Å². The molecule has 0 bridgehead atoms. The van der Waals surface area contributed by atoms with E-state index < -0.39 is 0 Å². The Bertz CT molecular complexity index is 518. The third kappa shape index (κ3) is 2.30. The summed E-state index contributed by atoms with van der Waals surface area (Å²) >= 11 is 0. The number of nitrogens with zero attached hydrogens (tertiary/aromatic N) is 3. The van der Waals surface area contributed by atoms with Crippen LogP contribution in [0.1, 0.15) is 17.0 Å². The summed E-state index contributed by atoms with van der Waals surface area (Å²) < 4.78 is 2.09. The lowest BCUT2D eigenvalue weighted by molar-refractivity contribution is 0.205. The summed E-state index contributed by atoms with van der Waals surface area (Å²) in [6, 6.07) is 12.7. The van der Waals surface area contributed by atoms with Gasteiger partial charge in [-0.3, -0.25) is 9.58 Å². The van der Waals surface area contributed by atoms with Crippen molar-refractivity contribution in [2.24, 2.45) is 5.73 Å². The first-order chi connectivity index (χ1) is 8.85. The second-order valence-electron chi connectivity index (χ2n) is 4.75. The number of aromatic nitrogens is 2. The van der Waals surface area contributed by atoms with Crippen LogP contribution in [-0.4, -0.2) is 21.2 Å². The molecule has 1 aliphatic heterocycles. The molecule has 0 fully saturated rings. The van der Waals surface area contributed by atoms with E-state index in [4.69, 9.17) is 5.73 Å². The Morgan fingerprint density at radius 1 is 1.17 bits per heavy atom. The molecule has 1 aliphatic rings. The Balaban J connectivity index is 1.71. The van der Waals surface area contributed by atoms with E-state index >= 15 is 0 Å². The van der Waals surface area contributed by atoms with Crippen LogP contribution in [0.2, 0.25) is 0 Å². The largest absolute Gasteiger partial charge is 0.325 e. The lowest BCUT2D eigenvalue weighted by atomic mass is 10.2. The van der Waals surface area contributed by atoms with Crippen LogP contribution in [0.5, 0.6) is 0 Å². The van der Waals surface area contributed by atoms with Gasteiger partial charge < -0.3 is 5.73 Å². The minimum atomic E-state index is 0.526. The van der Waals surface area contributed by atoms with Crippen molar-refractivity contribution in [3.8, 4) is 0 Å². The number of rotatable bonds is 3. The average molecular weight is 242 g/mol. The molecule has 1 aromatic carbocycles. The number of nitrogens with two attached hydrogens (primary N) is 1. The van der Waals surface area contributed by atoms with Gasteiger partial charge in [0, 0.05) is 26.2 Å². The summed E-state index contributed by atoms with van der Waals surface area (Å²) in [6.45, 7) is 4.50. The predicted octanol–water partition coefficient (Wildman–Crippen LogP) is 1.36. The molecule has 4 heteroatoms. The van der Waals surface area contributed by atoms with E-state index in [9.17, 15) is 0 Å². The van der Waals surface area contributed by atoms with Gasteiger partial charge in [-0.05, 0) is 11.6 Å². The van der Waals surface area contributed by atoms with Gasteiger partial charge in [-0.1, -0.05) is 30.3 Å². The highest BCUT2D eigenvalue weighted by atomic mass is 15.3. The third-order valence-electron chi connectivity index (χ3n) is 3.39. The summed E-state index contributed by atoms with van der Waals surface area (Å²) in [5, 5.41) is 4.48. The van der Waals surface area contributed by atoms with Crippen LogP contribution in [0.3, 0.4) is 0 Å². The fraction of sp³-hybridized carbons (Fsp3) is 0.357. The molecule has 1 aromatic heterocycles. The van der Waals surface area contributed by atoms with Gasteiger partial charge in [-0.15, -0.1) is 0 Å². The summed E-state index contributed by atoms with van der Waals surface area (Å²) in [5.74, 6) is 0. The Morgan fingerprint density at radius 2 is 2.00 bits per heavy atom. The molecule has 2 aromatic rings. The molecule has 94 valence electrons. The van der Waals surface area contributed by atoms with Crippen LogP contribution in [0.15, 0.2) is 36.4 Å². The quantitative estimate of drug-likeness (QED) is 0.884. The normalized spacial score (nSPS) is 15.6. The second kappa shape index (κ2) is 4.92. The van der Waals surface area contributed by atoms with Crippen molar-refractivity contribution < 1.29 is 0 Å². The predicted molar refractivity (Wildman–Crippen MR) is 70.7 cm³/mol.